The van der Waals surface area contributed by atoms with E-state index >= 15 is 0 Å². The first-order chi connectivity index (χ1) is 10.0. The van der Waals surface area contributed by atoms with Crippen LogP contribution in [0.3, 0.4) is 0 Å². The van der Waals surface area contributed by atoms with Crippen LogP contribution in [0.1, 0.15) is 5.56 Å². The van der Waals surface area contributed by atoms with E-state index < -0.39 is 4.92 Å². The average Bonchev–Trinajstić information content (AvgIpc) is 2.49. The molecule has 0 aromatic heterocycles. The van der Waals surface area contributed by atoms with Crippen LogP contribution in [0.25, 0.3) is 6.08 Å². The highest BCUT2D eigenvalue weighted by Crippen LogP contribution is 2.53. The van der Waals surface area contributed by atoms with Gasteiger partial charge in [-0.25, -0.2) is 0 Å². The van der Waals surface area contributed by atoms with Crippen molar-refractivity contribution in [1.29, 1.82) is 0 Å². The van der Waals surface area contributed by atoms with Gasteiger partial charge in [-0.3, -0.25) is 10.1 Å². The highest BCUT2D eigenvalue weighted by atomic mass is 16.6. The van der Waals surface area contributed by atoms with Gasteiger partial charge in [0.2, 0.25) is 23.4 Å². The van der Waals surface area contributed by atoms with E-state index in [-0.39, 0.29) is 28.7 Å². The van der Waals surface area contributed by atoms with E-state index in [0.717, 1.165) is 6.20 Å². The van der Waals surface area contributed by atoms with Crippen molar-refractivity contribution in [1.82, 2.24) is 0 Å². The number of methoxy groups -OCH3 is 5. The molecule has 21 heavy (non-hydrogen) atoms. The molecule has 0 atom stereocenters. The minimum Gasteiger partial charge on any atom is -0.492 e. The first-order valence-electron chi connectivity index (χ1n) is 5.81. The molecule has 116 valence electrons. The molecule has 0 radical (unpaired) electrons. The van der Waals surface area contributed by atoms with Crippen LogP contribution in [0.4, 0.5) is 0 Å². The Balaban J connectivity index is 3.77. The van der Waals surface area contributed by atoms with E-state index in [0.29, 0.717) is 5.56 Å². The van der Waals surface area contributed by atoms with E-state index in [1.54, 1.807) is 0 Å². The molecule has 0 aliphatic rings. The molecule has 0 heterocycles. The molecular weight excluding hydrogens is 282 g/mol. The number of nitrogens with zero attached hydrogens (tertiary/aromatic N) is 1. The number of ether oxygens (including phenoxy) is 5. The zero-order chi connectivity index (χ0) is 16.0. The number of nitro groups is 1. The normalized spacial score (nSPS) is 10.3. The van der Waals surface area contributed by atoms with Crippen molar-refractivity contribution in [3.63, 3.8) is 0 Å². The number of benzene rings is 1. The Morgan fingerprint density at radius 1 is 0.762 bits per heavy atom. The van der Waals surface area contributed by atoms with Gasteiger partial charge in [-0.15, -0.1) is 0 Å². The fourth-order valence-electron chi connectivity index (χ4n) is 1.91. The van der Waals surface area contributed by atoms with Crippen LogP contribution in [0, 0.1) is 10.1 Å². The van der Waals surface area contributed by atoms with Crippen LogP contribution >= 0.6 is 0 Å². The van der Waals surface area contributed by atoms with Gasteiger partial charge in [0.15, 0.2) is 11.5 Å². The lowest BCUT2D eigenvalue weighted by Crippen LogP contribution is -2.03. The maximum absolute atomic E-state index is 10.6. The largest absolute Gasteiger partial charge is 0.492 e. The van der Waals surface area contributed by atoms with Crippen molar-refractivity contribution in [3.05, 3.63) is 21.9 Å². The quantitative estimate of drug-likeness (QED) is 0.561. The van der Waals surface area contributed by atoms with E-state index in [4.69, 9.17) is 23.7 Å². The van der Waals surface area contributed by atoms with Crippen LogP contribution in [0.15, 0.2) is 6.20 Å². The second-order valence-electron chi connectivity index (χ2n) is 3.68. The van der Waals surface area contributed by atoms with Crippen LogP contribution in [0.2, 0.25) is 0 Å². The molecule has 0 unspecified atom stereocenters. The molecule has 1 aromatic rings. The maximum Gasteiger partial charge on any atom is 0.235 e. The van der Waals surface area contributed by atoms with E-state index in [9.17, 15) is 10.1 Å². The van der Waals surface area contributed by atoms with Gasteiger partial charge in [0, 0.05) is 6.08 Å². The third kappa shape index (κ3) is 3.10. The molecule has 0 amide bonds. The summed E-state index contributed by atoms with van der Waals surface area (Å²) >= 11 is 0. The summed E-state index contributed by atoms with van der Waals surface area (Å²) in [5.74, 6) is 1.25. The van der Waals surface area contributed by atoms with Crippen molar-refractivity contribution in [2.45, 2.75) is 0 Å². The maximum atomic E-state index is 10.6. The Kier molecular flexibility index (Phi) is 5.65. The predicted octanol–water partition coefficient (Wildman–Crippen LogP) is 1.98. The Labute approximate surface area is 122 Å². The van der Waals surface area contributed by atoms with Crippen LogP contribution in [0.5, 0.6) is 28.7 Å². The Hall–Kier alpha value is -2.64. The van der Waals surface area contributed by atoms with Crippen LogP contribution < -0.4 is 23.7 Å². The summed E-state index contributed by atoms with van der Waals surface area (Å²) in [6.45, 7) is 0. The van der Waals surface area contributed by atoms with Crippen molar-refractivity contribution < 1.29 is 28.6 Å². The summed E-state index contributed by atoms with van der Waals surface area (Å²) < 4.78 is 26.3. The average molecular weight is 299 g/mol. The third-order valence-electron chi connectivity index (χ3n) is 2.70. The topological polar surface area (TPSA) is 89.3 Å². The minimum atomic E-state index is -0.595. The van der Waals surface area contributed by atoms with Gasteiger partial charge in [-0.05, 0) is 0 Å². The minimum absolute atomic E-state index is 0.241. The number of rotatable bonds is 7. The summed E-state index contributed by atoms with van der Waals surface area (Å²) in [5.41, 5.74) is 0.311. The van der Waals surface area contributed by atoms with Gasteiger partial charge in [-0.2, -0.15) is 0 Å². The Morgan fingerprint density at radius 3 is 1.38 bits per heavy atom. The SMILES string of the molecule is COc1c(/C=C/[N+](=O)[O-])c(OC)c(OC)c(OC)c1OC. The summed E-state index contributed by atoms with van der Waals surface area (Å²) in [6, 6.07) is 0. The second kappa shape index (κ2) is 7.22. The molecule has 0 fully saturated rings. The van der Waals surface area contributed by atoms with E-state index in [1.165, 1.54) is 41.6 Å². The predicted molar refractivity (Wildman–Crippen MR) is 75.2 cm³/mol. The third-order valence-corrected chi connectivity index (χ3v) is 2.70. The van der Waals surface area contributed by atoms with E-state index in [1.807, 2.05) is 0 Å². The fourth-order valence-corrected chi connectivity index (χ4v) is 1.91. The lowest BCUT2D eigenvalue weighted by Gasteiger charge is -2.20. The zero-order valence-corrected chi connectivity index (χ0v) is 12.5. The zero-order valence-electron chi connectivity index (χ0n) is 12.5. The van der Waals surface area contributed by atoms with Gasteiger partial charge >= 0.3 is 0 Å². The molecule has 0 bridgehead atoms. The summed E-state index contributed by atoms with van der Waals surface area (Å²) in [7, 11) is 7.10. The molecule has 0 N–H and O–H groups in total. The van der Waals surface area contributed by atoms with Gasteiger partial charge in [0.1, 0.15) is 0 Å². The highest BCUT2D eigenvalue weighted by molar-refractivity contribution is 5.78. The molecule has 1 aromatic carbocycles. The summed E-state index contributed by atoms with van der Waals surface area (Å²) in [4.78, 5) is 9.96. The molecule has 1 rings (SSSR count). The van der Waals surface area contributed by atoms with Crippen LogP contribution in [-0.4, -0.2) is 40.5 Å². The fraction of sp³-hybridized carbons (Fsp3) is 0.385. The van der Waals surface area contributed by atoms with Crippen molar-refractivity contribution in [3.8, 4) is 28.7 Å². The number of hydrogen-bond acceptors (Lipinski definition) is 7. The van der Waals surface area contributed by atoms with Gasteiger partial charge < -0.3 is 23.7 Å². The standard InChI is InChI=1S/C13H17NO7/c1-17-9-8(6-7-14(15)16)10(18-2)12(20-4)13(21-5)11(9)19-3/h6-7H,1-5H3/b7-6+. The first kappa shape index (κ1) is 16.4. The van der Waals surface area contributed by atoms with Gasteiger partial charge in [0.05, 0.1) is 46.0 Å². The van der Waals surface area contributed by atoms with Gasteiger partial charge in [0.25, 0.3) is 0 Å². The monoisotopic (exact) mass is 299 g/mol. The lowest BCUT2D eigenvalue weighted by atomic mass is 10.1. The Bertz CT molecular complexity index is 521. The summed E-state index contributed by atoms with van der Waals surface area (Å²) in [6.07, 6.45) is 2.01. The van der Waals surface area contributed by atoms with Crippen molar-refractivity contribution in [2.75, 3.05) is 35.5 Å². The molecule has 0 aliphatic carbocycles. The highest BCUT2D eigenvalue weighted by Gasteiger charge is 2.27. The first-order valence-corrected chi connectivity index (χ1v) is 5.81. The van der Waals surface area contributed by atoms with Crippen molar-refractivity contribution >= 4 is 6.08 Å². The number of hydrogen-bond donors (Lipinski definition) is 0. The molecule has 0 aliphatic heterocycles. The molecular formula is C13H17NO7. The smallest absolute Gasteiger partial charge is 0.235 e. The molecule has 0 spiro atoms. The lowest BCUT2D eigenvalue weighted by molar-refractivity contribution is -0.400. The molecule has 0 saturated heterocycles. The molecule has 8 heteroatoms. The van der Waals surface area contributed by atoms with Gasteiger partial charge in [-0.1, -0.05) is 0 Å². The van der Waals surface area contributed by atoms with Crippen LogP contribution in [-0.2, 0) is 0 Å². The molecule has 0 saturated carbocycles. The Morgan fingerprint density at radius 2 is 1.10 bits per heavy atom. The summed E-state index contributed by atoms with van der Waals surface area (Å²) in [5, 5.41) is 10.6. The second-order valence-corrected chi connectivity index (χ2v) is 3.68. The molecule has 8 nitrogen and oxygen atoms in total. The van der Waals surface area contributed by atoms with Crippen molar-refractivity contribution in [2.24, 2.45) is 0 Å². The van der Waals surface area contributed by atoms with E-state index in [2.05, 4.69) is 0 Å².